The average Bonchev–Trinajstić information content (AvgIpc) is 1.69. The fraction of sp³-hybridized carbons (Fsp3) is 0.267. The lowest BCUT2D eigenvalue weighted by molar-refractivity contribution is -0.142. The van der Waals surface area contributed by atoms with Crippen molar-refractivity contribution in [1.29, 1.82) is 0 Å². The molecule has 11 rings (SSSR count). The van der Waals surface area contributed by atoms with Crippen LogP contribution in [-0.2, 0) is 48.7 Å². The molecule has 0 aromatic heterocycles. The van der Waals surface area contributed by atoms with Gasteiger partial charge < -0.3 is 50.1 Å². The summed E-state index contributed by atoms with van der Waals surface area (Å²) in [5, 5.41) is 28.6. The van der Waals surface area contributed by atoms with Crippen LogP contribution in [0.5, 0.6) is 0 Å². The Morgan fingerprint density at radius 3 is 1.09 bits per heavy atom. The SMILES string of the molecule is CC.CC.CC.CC.CP(=O)(O)C(O)C(=O)O.CP(C)(=O)CC/C=C1\C(=O)Nc2ccccc21.CP(C)(=O)CCc1ccc2c(c1)NC(=O)/C2=C\c1ccc(P(C)(C)=O)cc1.O=C1Nc2ccccc2/C1=C/c1ccccc1.O=C1Nc2ccccc2/C1=C/c1ccccc1. The maximum absolute atomic E-state index is 12.4. The number of hydrogen-bond acceptors (Lipinski definition) is 10. The number of aliphatic hydroxyl groups is 1. The molecule has 506 valence electrons. The van der Waals surface area contributed by atoms with Crippen molar-refractivity contribution < 1.29 is 57.3 Å². The lowest BCUT2D eigenvalue weighted by atomic mass is 10.0. The summed E-state index contributed by atoms with van der Waals surface area (Å²) >= 11 is 0. The molecule has 0 radical (unpaired) electrons. The number of para-hydroxylation sites is 3. The predicted octanol–water partition coefficient (Wildman–Crippen LogP) is 17.4. The summed E-state index contributed by atoms with van der Waals surface area (Å²) < 4.78 is 45.9. The number of carboxylic acids is 1. The second-order valence-electron chi connectivity index (χ2n) is 22.2. The molecule has 7 aromatic rings. The van der Waals surface area contributed by atoms with Gasteiger partial charge in [-0.1, -0.05) is 213 Å². The molecule has 20 heteroatoms. The number of carboxylic acid groups (broad SMARTS) is 1. The molecule has 0 aliphatic carbocycles. The lowest BCUT2D eigenvalue weighted by Gasteiger charge is -2.08. The molecule has 0 saturated carbocycles. The standard InChI is InChI=1S/C21H25NO3P2.2C15H11NO.C13H16NO2P.C3H7O5P.4C2H6/c1-26(2,24)12-11-16-7-10-18-19(21(23)22-20(18)14-16)13-15-5-8-17(9-6-15)27(3,4)25;2*17-15-13(10-11-6-2-1-3-7-11)12-8-4-5-9-14(12)16-15;1-17(2,16)9-5-7-11-10-6-3-4-8-12(10)14-13(11)15;1-9(7,8)3(6)2(4)5;4*1-2/h5-10,13-14H,11-12H2,1-4H3,(H,22,23);2*1-10H,(H,16,17);3-4,6-8H,5,9H2,1-2H3,(H,14,15);3,6H,1H3,(H,4,5)(H,7,8);4*1-2H3/b19-13-;2*13-10-;11-7-;;;;;. The van der Waals surface area contributed by atoms with Crippen LogP contribution in [0.4, 0.5) is 22.7 Å². The summed E-state index contributed by atoms with van der Waals surface area (Å²) in [5.74, 6) is -4.08. The first kappa shape index (κ1) is 80.9. The van der Waals surface area contributed by atoms with Crippen LogP contribution in [0.1, 0.15) is 106 Å². The summed E-state index contributed by atoms with van der Waals surface area (Å²) in [7, 11) is -10.2. The van der Waals surface area contributed by atoms with Crippen molar-refractivity contribution >= 4 is 127 Å². The molecule has 2 atom stereocenters. The summed E-state index contributed by atoms with van der Waals surface area (Å²) in [6, 6.07) is 56.2. The number of amides is 4. The molecule has 2 unspecified atom stereocenters. The lowest BCUT2D eigenvalue weighted by Crippen LogP contribution is -2.18. The van der Waals surface area contributed by atoms with E-state index in [1.807, 2.05) is 256 Å². The number of carbonyl (C=O) groups is 5. The van der Waals surface area contributed by atoms with Crippen LogP contribution >= 0.6 is 28.8 Å². The van der Waals surface area contributed by atoms with Crippen LogP contribution in [0.2, 0.25) is 0 Å². The summed E-state index contributed by atoms with van der Waals surface area (Å²) in [6.45, 7) is 27.4. The van der Waals surface area contributed by atoms with Crippen LogP contribution in [0, 0.1) is 0 Å². The highest BCUT2D eigenvalue weighted by molar-refractivity contribution is 7.70. The van der Waals surface area contributed by atoms with Crippen LogP contribution in [0.25, 0.3) is 40.5 Å². The van der Waals surface area contributed by atoms with Crippen molar-refractivity contribution in [3.8, 4) is 0 Å². The van der Waals surface area contributed by atoms with E-state index in [1.54, 1.807) is 40.0 Å². The molecule has 0 spiro atoms. The fourth-order valence-corrected chi connectivity index (χ4v) is 11.9. The molecule has 4 aliphatic rings. The minimum atomic E-state index is -3.86. The molecule has 4 amide bonds. The number of hydrogen-bond donors (Lipinski definition) is 7. The Morgan fingerprint density at radius 1 is 0.421 bits per heavy atom. The third-order valence-corrected chi connectivity index (χ3v) is 19.0. The molecule has 0 fully saturated rings. The van der Waals surface area contributed by atoms with Crippen molar-refractivity contribution in [3.63, 3.8) is 0 Å². The Morgan fingerprint density at radius 2 is 0.747 bits per heavy atom. The van der Waals surface area contributed by atoms with Gasteiger partial charge in [0.2, 0.25) is 13.2 Å². The van der Waals surface area contributed by atoms with Gasteiger partial charge in [-0.3, -0.25) is 23.7 Å². The molecule has 4 heterocycles. The average molecular weight is 1370 g/mol. The van der Waals surface area contributed by atoms with Crippen molar-refractivity contribution in [1.82, 2.24) is 0 Å². The van der Waals surface area contributed by atoms with E-state index in [9.17, 15) is 42.2 Å². The number of aryl methyl sites for hydroxylation is 1. The van der Waals surface area contributed by atoms with E-state index < -0.39 is 40.6 Å². The zero-order valence-corrected chi connectivity index (χ0v) is 60.8. The number of rotatable bonds is 12. The van der Waals surface area contributed by atoms with Gasteiger partial charge in [-0.05, 0) is 118 Å². The van der Waals surface area contributed by atoms with Gasteiger partial charge in [0.15, 0.2) is 0 Å². The van der Waals surface area contributed by atoms with E-state index >= 15 is 0 Å². The van der Waals surface area contributed by atoms with Crippen LogP contribution < -0.4 is 26.6 Å². The van der Waals surface area contributed by atoms with Crippen molar-refractivity contribution in [2.75, 3.05) is 80.2 Å². The largest absolute Gasteiger partial charge is 0.479 e. The second kappa shape index (κ2) is 38.9. The summed E-state index contributed by atoms with van der Waals surface area (Å²) in [5.41, 5.74) is 14.0. The molecular formula is C75H94N4O12P4. The Kier molecular flexibility index (Phi) is 33.1. The number of carbonyl (C=O) groups excluding carboxylic acids is 4. The van der Waals surface area contributed by atoms with Gasteiger partial charge in [-0.25, -0.2) is 4.79 Å². The van der Waals surface area contributed by atoms with E-state index in [4.69, 9.17) is 15.1 Å². The zero-order chi connectivity index (χ0) is 71.3. The van der Waals surface area contributed by atoms with Crippen molar-refractivity contribution in [3.05, 3.63) is 227 Å². The number of anilines is 4. The minimum Gasteiger partial charge on any atom is -0.479 e. The van der Waals surface area contributed by atoms with E-state index in [0.717, 1.165) is 96.8 Å². The smallest absolute Gasteiger partial charge is 0.342 e. The van der Waals surface area contributed by atoms with E-state index in [1.165, 1.54) is 0 Å². The first-order chi connectivity index (χ1) is 45.0. The van der Waals surface area contributed by atoms with E-state index in [0.29, 0.717) is 29.9 Å². The normalized spacial score (nSPS) is 15.3. The molecule has 4 aliphatic heterocycles. The van der Waals surface area contributed by atoms with Crippen LogP contribution in [-0.4, -0.2) is 110 Å². The van der Waals surface area contributed by atoms with Crippen molar-refractivity contribution in [2.24, 2.45) is 0 Å². The Balaban J connectivity index is 0.000000311. The molecule has 7 aromatic carbocycles. The molecule has 95 heavy (non-hydrogen) atoms. The Bertz CT molecular complexity index is 3950. The van der Waals surface area contributed by atoms with Gasteiger partial charge in [0.25, 0.3) is 23.6 Å². The third-order valence-electron chi connectivity index (χ3n) is 13.7. The van der Waals surface area contributed by atoms with Gasteiger partial charge in [0.1, 0.15) is 7.14 Å². The second-order valence-corrected chi connectivity index (χ2v) is 35.0. The van der Waals surface area contributed by atoms with Gasteiger partial charge >= 0.3 is 5.97 Å². The highest BCUT2D eigenvalue weighted by Gasteiger charge is 2.30. The molecule has 0 bridgehead atoms. The molecular weight excluding hydrogens is 1270 g/mol. The van der Waals surface area contributed by atoms with Crippen LogP contribution in [0.3, 0.4) is 0 Å². The Labute approximate surface area is 562 Å². The maximum atomic E-state index is 12.4. The predicted molar refractivity (Wildman–Crippen MR) is 402 cm³/mol. The van der Waals surface area contributed by atoms with Gasteiger partial charge in [-0.2, -0.15) is 0 Å². The minimum absolute atomic E-state index is 0.0324. The van der Waals surface area contributed by atoms with E-state index in [2.05, 4.69) is 21.3 Å². The number of aliphatic hydroxyl groups excluding tert-OH is 1. The fourth-order valence-electron chi connectivity index (χ4n) is 9.10. The Hall–Kier alpha value is -8.31. The first-order valence-electron chi connectivity index (χ1n) is 31.6. The quantitative estimate of drug-likeness (QED) is 0.0445. The highest BCUT2D eigenvalue weighted by Crippen LogP contribution is 2.42. The number of allylic oxidation sites excluding steroid dienone is 1. The number of benzene rings is 7. The van der Waals surface area contributed by atoms with Crippen molar-refractivity contribution in [2.45, 2.75) is 74.1 Å². The summed E-state index contributed by atoms with van der Waals surface area (Å²) in [6.07, 6.45) is 10.3. The van der Waals surface area contributed by atoms with E-state index in [-0.39, 0.29) is 23.6 Å². The molecule has 7 N–H and O–H groups in total. The topological polar surface area (TPSA) is 262 Å². The van der Waals surface area contributed by atoms with Gasteiger partial charge in [0.05, 0.1) is 14.3 Å². The molecule has 0 saturated heterocycles. The third kappa shape index (κ3) is 25.7. The number of nitrogens with one attached hydrogen (secondary N) is 4. The summed E-state index contributed by atoms with van der Waals surface area (Å²) in [4.78, 5) is 66.0. The van der Waals surface area contributed by atoms with Gasteiger partial charge in [0, 0.05) is 91.6 Å². The van der Waals surface area contributed by atoms with Crippen LogP contribution in [0.15, 0.2) is 182 Å². The first-order valence-corrected chi connectivity index (χ1v) is 42.0. The highest BCUT2D eigenvalue weighted by atomic mass is 31.2. The number of fused-ring (bicyclic) bond motifs is 4. The zero-order valence-electron chi connectivity index (χ0n) is 57.3. The van der Waals surface area contributed by atoms with Gasteiger partial charge in [-0.15, -0.1) is 0 Å². The number of aliphatic carboxylic acids is 1. The molecule has 16 nitrogen and oxygen atoms in total. The monoisotopic (exact) mass is 1370 g/mol. The maximum Gasteiger partial charge on any atom is 0.342 e.